The van der Waals surface area contributed by atoms with E-state index in [9.17, 15) is 14.7 Å². The number of fused-ring (bicyclic) bond motifs is 1. The lowest BCUT2D eigenvalue weighted by molar-refractivity contribution is -0.116. The van der Waals surface area contributed by atoms with Gasteiger partial charge in [-0.3, -0.25) is 19.4 Å². The number of carbonyl (C=O) groups excluding carboxylic acids is 1. The highest BCUT2D eigenvalue weighted by atomic mass is 35.5. The summed E-state index contributed by atoms with van der Waals surface area (Å²) in [4.78, 5) is 24.9. The number of nitrogens with zero attached hydrogens (tertiary/aromatic N) is 1. The first-order valence-electron chi connectivity index (χ1n) is 8.25. The number of benzene rings is 1. The van der Waals surface area contributed by atoms with E-state index < -0.39 is 5.92 Å². The Morgan fingerprint density at radius 3 is 2.72 bits per heavy atom. The molecule has 1 aromatic carbocycles. The molecule has 3 heterocycles. The van der Waals surface area contributed by atoms with Gasteiger partial charge in [0.2, 0.25) is 5.91 Å². The van der Waals surface area contributed by atoms with Crippen LogP contribution in [0.25, 0.3) is 0 Å². The Balaban J connectivity index is 1.80. The Morgan fingerprint density at radius 1 is 1.24 bits per heavy atom. The number of aromatic hydroxyl groups is 1. The first-order chi connectivity index (χ1) is 12.0. The molecule has 2 aliphatic heterocycles. The van der Waals surface area contributed by atoms with Crippen molar-refractivity contribution in [1.29, 1.82) is 0 Å². The molecule has 0 bridgehead atoms. The quantitative estimate of drug-likeness (QED) is 0.763. The van der Waals surface area contributed by atoms with Crippen LogP contribution in [0.4, 0.5) is 5.82 Å². The third-order valence-corrected chi connectivity index (χ3v) is 5.19. The summed E-state index contributed by atoms with van der Waals surface area (Å²) >= 11 is 6.01. The minimum atomic E-state index is -0.397. The van der Waals surface area contributed by atoms with E-state index in [-0.39, 0.29) is 34.7 Å². The molecule has 3 N–H and O–H groups in total. The molecule has 8 heteroatoms. The van der Waals surface area contributed by atoms with E-state index in [2.05, 4.69) is 10.4 Å². The monoisotopic (exact) mass is 363 g/mol. The number of ether oxygens (including phenoxy) is 1. The van der Waals surface area contributed by atoms with Gasteiger partial charge in [0.1, 0.15) is 11.6 Å². The van der Waals surface area contributed by atoms with Crippen LogP contribution in [0.1, 0.15) is 42.3 Å². The van der Waals surface area contributed by atoms with E-state index in [0.29, 0.717) is 24.6 Å². The van der Waals surface area contributed by atoms with Crippen molar-refractivity contribution >= 4 is 23.3 Å². The number of rotatable bonds is 2. The molecule has 7 nitrogen and oxygen atoms in total. The van der Waals surface area contributed by atoms with Crippen LogP contribution in [0.15, 0.2) is 23.0 Å². The van der Waals surface area contributed by atoms with Crippen LogP contribution >= 0.6 is 11.6 Å². The standard InChI is InChI=1S/C17H18ClN3O4/c18-12-7-9(1-2-13(12)22)11-8-14(23)19-16-15(11)17(24)20-21(16)10-3-5-25-6-4-10/h1-2,7,10-11,22H,3-6,8H2,(H,19,23)(H,20,24)/t11-/m1/s1. The second-order valence-corrected chi connectivity index (χ2v) is 6.84. The Bertz CT molecular complexity index is 883. The van der Waals surface area contributed by atoms with Crippen LogP contribution in [0.2, 0.25) is 5.02 Å². The highest BCUT2D eigenvalue weighted by Gasteiger charge is 2.34. The largest absolute Gasteiger partial charge is 0.506 e. The fourth-order valence-electron chi connectivity index (χ4n) is 3.63. The lowest BCUT2D eigenvalue weighted by Crippen LogP contribution is -2.28. The molecule has 1 fully saturated rings. The summed E-state index contributed by atoms with van der Waals surface area (Å²) in [5, 5.41) is 15.5. The molecule has 132 valence electrons. The molecule has 0 saturated carbocycles. The molecule has 1 aromatic heterocycles. The zero-order valence-electron chi connectivity index (χ0n) is 13.4. The molecule has 25 heavy (non-hydrogen) atoms. The summed E-state index contributed by atoms with van der Waals surface area (Å²) in [6.45, 7) is 1.26. The van der Waals surface area contributed by atoms with Gasteiger partial charge in [0, 0.05) is 25.6 Å². The molecule has 0 unspecified atom stereocenters. The number of phenolic OH excluding ortho intramolecular Hbond substituents is 1. The second-order valence-electron chi connectivity index (χ2n) is 6.43. The first kappa shape index (κ1) is 16.2. The fourth-order valence-corrected chi connectivity index (χ4v) is 3.81. The third kappa shape index (κ3) is 2.83. The number of nitrogens with one attached hydrogen (secondary N) is 2. The van der Waals surface area contributed by atoms with Crippen LogP contribution in [0.3, 0.4) is 0 Å². The predicted molar refractivity (Wildman–Crippen MR) is 92.3 cm³/mol. The number of aromatic nitrogens is 2. The van der Waals surface area contributed by atoms with Gasteiger partial charge >= 0.3 is 0 Å². The van der Waals surface area contributed by atoms with Crippen molar-refractivity contribution in [2.75, 3.05) is 18.5 Å². The normalized spacial score (nSPS) is 21.0. The lowest BCUT2D eigenvalue weighted by atomic mass is 9.87. The summed E-state index contributed by atoms with van der Waals surface area (Å²) in [5.41, 5.74) is 1.05. The van der Waals surface area contributed by atoms with Crippen molar-refractivity contribution in [3.63, 3.8) is 0 Å². The zero-order valence-corrected chi connectivity index (χ0v) is 14.2. The van der Waals surface area contributed by atoms with Gasteiger partial charge in [-0.25, -0.2) is 0 Å². The van der Waals surface area contributed by atoms with Gasteiger partial charge in [0.05, 0.1) is 16.6 Å². The molecule has 1 atom stereocenters. The molecule has 0 radical (unpaired) electrons. The number of hydrogen-bond acceptors (Lipinski definition) is 4. The van der Waals surface area contributed by atoms with E-state index in [1.807, 2.05) is 0 Å². The fraction of sp³-hybridized carbons (Fsp3) is 0.412. The van der Waals surface area contributed by atoms with Crippen LogP contribution in [-0.4, -0.2) is 34.0 Å². The maximum absolute atomic E-state index is 12.6. The minimum Gasteiger partial charge on any atom is -0.506 e. The second kappa shape index (κ2) is 6.24. The van der Waals surface area contributed by atoms with Gasteiger partial charge in [-0.1, -0.05) is 17.7 Å². The molecule has 0 spiro atoms. The predicted octanol–water partition coefficient (Wildman–Crippen LogP) is 2.36. The summed E-state index contributed by atoms with van der Waals surface area (Å²) in [6, 6.07) is 4.87. The smallest absolute Gasteiger partial charge is 0.270 e. The first-order valence-corrected chi connectivity index (χ1v) is 8.63. The van der Waals surface area contributed by atoms with Crippen LogP contribution in [-0.2, 0) is 9.53 Å². The third-order valence-electron chi connectivity index (χ3n) is 4.89. The van der Waals surface area contributed by atoms with E-state index in [1.54, 1.807) is 16.8 Å². The highest BCUT2D eigenvalue weighted by molar-refractivity contribution is 6.32. The van der Waals surface area contributed by atoms with Gasteiger partial charge in [0.15, 0.2) is 0 Å². The molecule has 2 aliphatic rings. The summed E-state index contributed by atoms with van der Waals surface area (Å²) in [5.74, 6) is -0.0462. The van der Waals surface area contributed by atoms with Crippen molar-refractivity contribution in [2.45, 2.75) is 31.2 Å². The molecule has 1 saturated heterocycles. The molecule has 0 aliphatic carbocycles. The number of anilines is 1. The highest BCUT2D eigenvalue weighted by Crippen LogP contribution is 2.39. The number of amides is 1. The van der Waals surface area contributed by atoms with Crippen molar-refractivity contribution in [1.82, 2.24) is 9.78 Å². The van der Waals surface area contributed by atoms with Gasteiger partial charge < -0.3 is 15.2 Å². The molecule has 2 aromatic rings. The number of halogens is 1. The number of hydrogen-bond donors (Lipinski definition) is 3. The Hall–Kier alpha value is -2.25. The number of H-pyrrole nitrogens is 1. The van der Waals surface area contributed by atoms with E-state index in [0.717, 1.165) is 18.4 Å². The summed E-state index contributed by atoms with van der Waals surface area (Å²) in [7, 11) is 0. The van der Waals surface area contributed by atoms with Crippen molar-refractivity contribution < 1.29 is 14.6 Å². The van der Waals surface area contributed by atoms with Crippen LogP contribution < -0.4 is 10.9 Å². The molecule has 4 rings (SSSR count). The molecular weight excluding hydrogens is 346 g/mol. The summed E-state index contributed by atoms with van der Waals surface area (Å²) < 4.78 is 7.15. The average Bonchev–Trinajstić information content (AvgIpc) is 2.94. The van der Waals surface area contributed by atoms with Gasteiger partial charge in [0.25, 0.3) is 5.56 Å². The van der Waals surface area contributed by atoms with Gasteiger partial charge in [-0.15, -0.1) is 0 Å². The SMILES string of the molecule is O=C1C[C@H](c2ccc(O)c(Cl)c2)c2c(n(C3CCOCC3)[nH]c2=O)N1. The Morgan fingerprint density at radius 2 is 2.00 bits per heavy atom. The minimum absolute atomic E-state index is 0.0282. The van der Waals surface area contributed by atoms with E-state index >= 15 is 0 Å². The van der Waals surface area contributed by atoms with E-state index in [4.69, 9.17) is 16.3 Å². The van der Waals surface area contributed by atoms with Crippen LogP contribution in [0.5, 0.6) is 5.75 Å². The summed E-state index contributed by atoms with van der Waals surface area (Å²) in [6.07, 6.45) is 1.72. The molecular formula is C17H18ClN3O4. The van der Waals surface area contributed by atoms with Crippen molar-refractivity contribution in [3.05, 3.63) is 44.7 Å². The van der Waals surface area contributed by atoms with Gasteiger partial charge in [-0.2, -0.15) is 0 Å². The zero-order chi connectivity index (χ0) is 17.6. The Labute approximate surface area is 148 Å². The molecule has 1 amide bonds. The number of aromatic amines is 1. The Kier molecular flexibility index (Phi) is 4.05. The van der Waals surface area contributed by atoms with Crippen molar-refractivity contribution in [3.8, 4) is 5.75 Å². The van der Waals surface area contributed by atoms with Crippen molar-refractivity contribution in [2.24, 2.45) is 0 Å². The number of carbonyl (C=O) groups is 1. The van der Waals surface area contributed by atoms with Crippen LogP contribution in [0, 0.1) is 0 Å². The number of phenols is 1. The maximum atomic E-state index is 12.6. The van der Waals surface area contributed by atoms with Gasteiger partial charge in [-0.05, 0) is 30.5 Å². The van der Waals surface area contributed by atoms with E-state index in [1.165, 1.54) is 6.07 Å². The average molecular weight is 364 g/mol. The lowest BCUT2D eigenvalue weighted by Gasteiger charge is -2.28. The maximum Gasteiger partial charge on any atom is 0.270 e. The topological polar surface area (TPSA) is 96.3 Å².